The van der Waals surface area contributed by atoms with Gasteiger partial charge in [-0.3, -0.25) is 18.9 Å². The molecular weight excluding hydrogens is 444 g/mol. The van der Waals surface area contributed by atoms with Crippen LogP contribution in [0.15, 0.2) is 76.7 Å². The molecule has 2 aromatic carbocycles. The molecular formula is C23H22N4O5S. The molecule has 0 saturated heterocycles. The van der Waals surface area contributed by atoms with Crippen LogP contribution in [0.25, 0.3) is 11.0 Å². The molecule has 0 spiro atoms. The quantitative estimate of drug-likeness (QED) is 0.433. The number of aryl methyl sites for hydroxylation is 2. The molecule has 4 aromatic rings. The van der Waals surface area contributed by atoms with E-state index >= 15 is 0 Å². The van der Waals surface area contributed by atoms with Gasteiger partial charge in [-0.15, -0.1) is 0 Å². The van der Waals surface area contributed by atoms with Crippen molar-refractivity contribution in [2.75, 3.05) is 10.9 Å². The van der Waals surface area contributed by atoms with E-state index in [9.17, 15) is 18.0 Å². The Morgan fingerprint density at radius 2 is 1.73 bits per heavy atom. The van der Waals surface area contributed by atoms with E-state index in [2.05, 4.69) is 4.98 Å². The fraction of sp³-hybridized carbons (Fsp3) is 0.174. The van der Waals surface area contributed by atoms with Gasteiger partial charge >= 0.3 is 5.69 Å². The Morgan fingerprint density at radius 1 is 1.03 bits per heavy atom. The zero-order chi connectivity index (χ0) is 23.8. The first-order valence-corrected chi connectivity index (χ1v) is 11.6. The van der Waals surface area contributed by atoms with Crippen molar-refractivity contribution in [1.29, 1.82) is 0 Å². The van der Waals surface area contributed by atoms with Crippen LogP contribution in [-0.2, 0) is 24.1 Å². The summed E-state index contributed by atoms with van der Waals surface area (Å²) in [6.45, 7) is 2.29. The van der Waals surface area contributed by atoms with Crippen molar-refractivity contribution in [3.8, 4) is 5.75 Å². The lowest BCUT2D eigenvalue weighted by Gasteiger charge is -2.23. The molecule has 170 valence electrons. The third-order valence-corrected chi connectivity index (χ3v) is 6.96. The van der Waals surface area contributed by atoms with Crippen molar-refractivity contribution >= 4 is 32.7 Å². The van der Waals surface area contributed by atoms with Gasteiger partial charge in [0.1, 0.15) is 5.75 Å². The average molecular weight is 467 g/mol. The Morgan fingerprint density at radius 3 is 2.36 bits per heavy atom. The van der Waals surface area contributed by atoms with E-state index in [0.29, 0.717) is 23.4 Å². The van der Waals surface area contributed by atoms with E-state index in [-0.39, 0.29) is 21.8 Å². The van der Waals surface area contributed by atoms with Gasteiger partial charge in [0, 0.05) is 26.5 Å². The summed E-state index contributed by atoms with van der Waals surface area (Å²) in [6.07, 6.45) is 2.81. The minimum absolute atomic E-state index is 0.114. The summed E-state index contributed by atoms with van der Waals surface area (Å²) in [5.74, 6) is -0.206. The van der Waals surface area contributed by atoms with Crippen LogP contribution in [0, 0.1) is 0 Å². The molecule has 0 atom stereocenters. The number of ether oxygens (including phenoxy) is 1. The monoisotopic (exact) mass is 466 g/mol. The molecule has 0 unspecified atom stereocenters. The van der Waals surface area contributed by atoms with Crippen LogP contribution in [0.2, 0.25) is 0 Å². The second-order valence-electron chi connectivity index (χ2n) is 7.29. The summed E-state index contributed by atoms with van der Waals surface area (Å²) in [7, 11) is -1.18. The van der Waals surface area contributed by atoms with Crippen molar-refractivity contribution in [2.24, 2.45) is 14.1 Å². The number of imidazole rings is 1. The molecule has 0 saturated carbocycles. The number of amides is 1. The normalized spacial score (nSPS) is 11.5. The summed E-state index contributed by atoms with van der Waals surface area (Å²) in [5, 5.41) is 0. The number of carbonyl (C=O) groups is 1. The van der Waals surface area contributed by atoms with E-state index in [1.54, 1.807) is 38.4 Å². The Bertz CT molecular complexity index is 1490. The summed E-state index contributed by atoms with van der Waals surface area (Å²) >= 11 is 0. The van der Waals surface area contributed by atoms with Crippen molar-refractivity contribution in [1.82, 2.24) is 14.1 Å². The summed E-state index contributed by atoms with van der Waals surface area (Å²) < 4.78 is 36.5. The first kappa shape index (κ1) is 22.3. The lowest BCUT2D eigenvalue weighted by Crippen LogP contribution is -2.37. The Labute approximate surface area is 190 Å². The topological polar surface area (TPSA) is 104 Å². The van der Waals surface area contributed by atoms with Gasteiger partial charge in [0.2, 0.25) is 0 Å². The number of carbonyl (C=O) groups excluding carboxylic acids is 1. The van der Waals surface area contributed by atoms with Gasteiger partial charge in [-0.05, 0) is 61.5 Å². The lowest BCUT2D eigenvalue weighted by molar-refractivity contribution is 0.100. The fourth-order valence-corrected chi connectivity index (χ4v) is 5.00. The zero-order valence-corrected chi connectivity index (χ0v) is 19.1. The minimum atomic E-state index is -4.35. The summed E-state index contributed by atoms with van der Waals surface area (Å²) in [5.41, 5.74) is 0.989. The Kier molecular flexibility index (Phi) is 5.77. The van der Waals surface area contributed by atoms with Crippen molar-refractivity contribution in [3.05, 3.63) is 83.0 Å². The molecule has 9 nitrogen and oxygen atoms in total. The van der Waals surface area contributed by atoms with Gasteiger partial charge in [0.15, 0.2) is 0 Å². The van der Waals surface area contributed by atoms with Gasteiger partial charge < -0.3 is 4.74 Å². The number of sulfonamides is 1. The van der Waals surface area contributed by atoms with E-state index < -0.39 is 15.9 Å². The highest BCUT2D eigenvalue weighted by Crippen LogP contribution is 2.29. The van der Waals surface area contributed by atoms with Crippen molar-refractivity contribution < 1.29 is 17.9 Å². The Hall–Kier alpha value is -3.92. The number of rotatable bonds is 6. The van der Waals surface area contributed by atoms with Gasteiger partial charge in [-0.2, -0.15) is 4.31 Å². The minimum Gasteiger partial charge on any atom is -0.494 e. The average Bonchev–Trinajstić information content (AvgIpc) is 3.04. The molecule has 1 amide bonds. The molecule has 2 aromatic heterocycles. The predicted octanol–water partition coefficient (Wildman–Crippen LogP) is 2.71. The summed E-state index contributed by atoms with van der Waals surface area (Å²) in [4.78, 5) is 29.5. The fourth-order valence-electron chi connectivity index (χ4n) is 3.57. The second-order valence-corrected chi connectivity index (χ2v) is 9.08. The number of fused-ring (bicyclic) bond motifs is 1. The number of hydrogen-bond acceptors (Lipinski definition) is 6. The highest BCUT2D eigenvalue weighted by molar-refractivity contribution is 7.93. The van der Waals surface area contributed by atoms with Gasteiger partial charge in [-0.25, -0.2) is 13.2 Å². The van der Waals surface area contributed by atoms with E-state index in [4.69, 9.17) is 4.74 Å². The molecule has 0 aliphatic carbocycles. The maximum Gasteiger partial charge on any atom is 0.328 e. The van der Waals surface area contributed by atoms with Crippen LogP contribution in [-0.4, -0.2) is 35.1 Å². The molecule has 0 N–H and O–H groups in total. The third-order valence-electron chi connectivity index (χ3n) is 5.26. The van der Waals surface area contributed by atoms with Gasteiger partial charge in [-0.1, -0.05) is 0 Å². The summed E-state index contributed by atoms with van der Waals surface area (Å²) in [6, 6.07) is 13.6. The number of nitrogens with zero attached hydrogens (tertiary/aromatic N) is 4. The highest BCUT2D eigenvalue weighted by atomic mass is 32.2. The van der Waals surface area contributed by atoms with E-state index in [1.807, 2.05) is 6.92 Å². The van der Waals surface area contributed by atoms with E-state index in [0.717, 1.165) is 4.31 Å². The van der Waals surface area contributed by atoms with Crippen molar-refractivity contribution in [2.45, 2.75) is 11.8 Å². The Balaban J connectivity index is 1.88. The lowest BCUT2D eigenvalue weighted by atomic mass is 10.2. The van der Waals surface area contributed by atoms with Crippen LogP contribution >= 0.6 is 0 Å². The van der Waals surface area contributed by atoms with Crippen LogP contribution in [0.5, 0.6) is 5.75 Å². The zero-order valence-electron chi connectivity index (χ0n) is 18.3. The third kappa shape index (κ3) is 3.89. The van der Waals surface area contributed by atoms with Crippen LogP contribution in [0.1, 0.15) is 17.3 Å². The predicted molar refractivity (Wildman–Crippen MR) is 124 cm³/mol. The number of anilines is 1. The SMILES string of the molecule is CCOc1ccc(N(C(=O)c2cccnc2)S(=O)(=O)c2ccc3c(c2)n(C)c(=O)n3C)cc1. The molecule has 33 heavy (non-hydrogen) atoms. The number of aromatic nitrogens is 3. The highest BCUT2D eigenvalue weighted by Gasteiger charge is 2.32. The van der Waals surface area contributed by atoms with E-state index in [1.165, 1.54) is 51.9 Å². The molecule has 0 radical (unpaired) electrons. The van der Waals surface area contributed by atoms with Gasteiger partial charge in [0.05, 0.1) is 33.8 Å². The van der Waals surface area contributed by atoms with Crippen LogP contribution in [0.4, 0.5) is 5.69 Å². The molecule has 10 heteroatoms. The molecule has 0 bridgehead atoms. The standard InChI is InChI=1S/C23H22N4O5S/c1-4-32-18-9-7-17(8-10-18)27(22(28)16-6-5-13-24-15-16)33(30,31)19-11-12-20-21(14-19)26(3)23(29)25(20)2/h5-15H,4H2,1-3H3. The van der Waals surface area contributed by atoms with Crippen LogP contribution < -0.4 is 14.7 Å². The van der Waals surface area contributed by atoms with Gasteiger partial charge in [0.25, 0.3) is 15.9 Å². The maximum absolute atomic E-state index is 13.8. The molecule has 0 aliphatic rings. The first-order valence-electron chi connectivity index (χ1n) is 10.1. The number of benzene rings is 2. The number of hydrogen-bond donors (Lipinski definition) is 0. The molecule has 4 rings (SSSR count). The second kappa shape index (κ2) is 8.55. The maximum atomic E-state index is 13.8. The smallest absolute Gasteiger partial charge is 0.328 e. The van der Waals surface area contributed by atoms with Crippen LogP contribution in [0.3, 0.4) is 0 Å². The largest absolute Gasteiger partial charge is 0.494 e. The molecule has 2 heterocycles. The number of pyridine rings is 1. The van der Waals surface area contributed by atoms with Crippen molar-refractivity contribution in [3.63, 3.8) is 0 Å². The first-order chi connectivity index (χ1) is 15.8. The molecule has 0 fully saturated rings. The molecule has 0 aliphatic heterocycles.